The number of amides is 1. The van der Waals surface area contributed by atoms with E-state index in [1.165, 1.54) is 0 Å². The van der Waals surface area contributed by atoms with Crippen LogP contribution in [0.3, 0.4) is 0 Å². The lowest BCUT2D eigenvalue weighted by atomic mass is 10.0. The van der Waals surface area contributed by atoms with Gasteiger partial charge in [0.1, 0.15) is 5.69 Å². The third-order valence-electron chi connectivity index (χ3n) is 4.83. The molecule has 2 fully saturated rings. The molecule has 1 N–H and O–H groups in total. The third-order valence-corrected chi connectivity index (χ3v) is 4.83. The molecule has 0 unspecified atom stereocenters. The van der Waals surface area contributed by atoms with E-state index in [1.807, 2.05) is 36.0 Å². The van der Waals surface area contributed by atoms with E-state index in [2.05, 4.69) is 20.2 Å². The molecule has 4 heterocycles. The Bertz CT molecular complexity index is 717. The second kappa shape index (κ2) is 6.24. The summed E-state index contributed by atoms with van der Waals surface area (Å²) >= 11 is 0. The highest BCUT2D eigenvalue weighted by Crippen LogP contribution is 2.31. The van der Waals surface area contributed by atoms with Gasteiger partial charge in [0.2, 0.25) is 5.95 Å². The summed E-state index contributed by atoms with van der Waals surface area (Å²) in [6.45, 7) is 1.40. The number of aryl methyl sites for hydroxylation is 1. The van der Waals surface area contributed by atoms with Crippen LogP contribution in [0, 0.1) is 0 Å². The molecule has 24 heavy (non-hydrogen) atoms. The maximum Gasteiger partial charge on any atom is 0.268 e. The average Bonchev–Trinajstić information content (AvgIpc) is 3.20. The number of nitrogens with zero attached hydrogens (tertiary/aromatic N) is 4. The molecule has 2 aromatic rings. The summed E-state index contributed by atoms with van der Waals surface area (Å²) in [5.41, 5.74) is 0.650. The first-order valence-corrected chi connectivity index (χ1v) is 8.31. The van der Waals surface area contributed by atoms with Crippen molar-refractivity contribution in [3.8, 4) is 0 Å². The summed E-state index contributed by atoms with van der Waals surface area (Å²) in [4.78, 5) is 23.5. The standard InChI is InChI=1S/C17H21N5O2/c1-21-9-2-5-14(21)16(23)20-12-11-22(17-18-7-4-8-19-17)13-6-3-10-24-15(12)13/h2,4-5,7-9,12-13,15H,3,6,10-11H2,1H3,(H,20,23)/t12-,13+,15+/m1/s1. The van der Waals surface area contributed by atoms with E-state index in [0.29, 0.717) is 18.2 Å². The van der Waals surface area contributed by atoms with E-state index >= 15 is 0 Å². The summed E-state index contributed by atoms with van der Waals surface area (Å²) in [5.74, 6) is 0.630. The van der Waals surface area contributed by atoms with Crippen LogP contribution in [0.5, 0.6) is 0 Å². The van der Waals surface area contributed by atoms with Crippen LogP contribution in [-0.2, 0) is 11.8 Å². The second-order valence-electron chi connectivity index (χ2n) is 6.33. The van der Waals surface area contributed by atoms with Crippen molar-refractivity contribution in [2.45, 2.75) is 31.0 Å². The Morgan fingerprint density at radius 2 is 2.17 bits per heavy atom. The SMILES string of the molecule is Cn1cccc1C(=O)N[C@@H]1CN(c2ncccn2)[C@H]2CCCO[C@@H]12. The number of carbonyl (C=O) groups is 1. The fraction of sp³-hybridized carbons (Fsp3) is 0.471. The minimum Gasteiger partial charge on any atom is -0.374 e. The molecule has 0 aliphatic carbocycles. The number of hydrogen-bond acceptors (Lipinski definition) is 5. The molecule has 7 nitrogen and oxygen atoms in total. The van der Waals surface area contributed by atoms with Crippen molar-refractivity contribution >= 4 is 11.9 Å². The predicted molar refractivity (Wildman–Crippen MR) is 88.8 cm³/mol. The van der Waals surface area contributed by atoms with E-state index in [1.54, 1.807) is 12.4 Å². The number of fused-ring (bicyclic) bond motifs is 1. The third kappa shape index (κ3) is 2.65. The highest BCUT2D eigenvalue weighted by molar-refractivity contribution is 5.93. The molecule has 0 bridgehead atoms. The number of hydrogen-bond donors (Lipinski definition) is 1. The Kier molecular flexibility index (Phi) is 3.93. The summed E-state index contributed by atoms with van der Waals surface area (Å²) in [6, 6.07) is 5.64. The molecule has 3 atom stereocenters. The number of aromatic nitrogens is 3. The largest absolute Gasteiger partial charge is 0.374 e. The maximum absolute atomic E-state index is 12.6. The first kappa shape index (κ1) is 15.1. The van der Waals surface area contributed by atoms with E-state index in [4.69, 9.17) is 4.74 Å². The molecule has 1 amide bonds. The van der Waals surface area contributed by atoms with Crippen molar-refractivity contribution < 1.29 is 9.53 Å². The van der Waals surface area contributed by atoms with Gasteiger partial charge in [-0.05, 0) is 31.0 Å². The van der Waals surface area contributed by atoms with E-state index < -0.39 is 0 Å². The molecule has 0 saturated carbocycles. The zero-order valence-electron chi connectivity index (χ0n) is 13.6. The van der Waals surface area contributed by atoms with Crippen LogP contribution in [-0.4, -0.2) is 51.8 Å². The molecule has 2 aliphatic rings. The van der Waals surface area contributed by atoms with Gasteiger partial charge in [-0.1, -0.05) is 0 Å². The molecule has 2 aliphatic heterocycles. The number of ether oxygens (including phenoxy) is 1. The summed E-state index contributed by atoms with van der Waals surface area (Å²) in [5, 5.41) is 3.14. The molecular formula is C17H21N5O2. The van der Waals surface area contributed by atoms with Crippen molar-refractivity contribution in [1.82, 2.24) is 19.9 Å². The minimum absolute atomic E-state index is 0.0215. The fourth-order valence-electron chi connectivity index (χ4n) is 3.69. The van der Waals surface area contributed by atoms with Crippen LogP contribution in [0.1, 0.15) is 23.3 Å². The number of rotatable bonds is 3. The quantitative estimate of drug-likeness (QED) is 0.910. The molecule has 2 aromatic heterocycles. The van der Waals surface area contributed by atoms with Crippen molar-refractivity contribution in [3.05, 3.63) is 42.5 Å². The van der Waals surface area contributed by atoms with Crippen molar-refractivity contribution in [2.24, 2.45) is 7.05 Å². The highest BCUT2D eigenvalue weighted by Gasteiger charge is 2.45. The zero-order chi connectivity index (χ0) is 16.5. The molecule has 126 valence electrons. The van der Waals surface area contributed by atoms with Gasteiger partial charge in [-0.15, -0.1) is 0 Å². The Labute approximate surface area is 140 Å². The Balaban J connectivity index is 1.55. The zero-order valence-corrected chi connectivity index (χ0v) is 13.6. The van der Waals surface area contributed by atoms with E-state index in [-0.39, 0.29) is 24.1 Å². The van der Waals surface area contributed by atoms with Crippen LogP contribution in [0.4, 0.5) is 5.95 Å². The van der Waals surface area contributed by atoms with Gasteiger partial charge in [-0.25, -0.2) is 9.97 Å². The topological polar surface area (TPSA) is 72.3 Å². The molecule has 4 rings (SSSR count). The van der Waals surface area contributed by atoms with Crippen molar-refractivity contribution in [3.63, 3.8) is 0 Å². The van der Waals surface area contributed by atoms with Crippen LogP contribution in [0.2, 0.25) is 0 Å². The van der Waals surface area contributed by atoms with Gasteiger partial charge < -0.3 is 19.5 Å². The number of nitrogens with one attached hydrogen (secondary N) is 1. The maximum atomic E-state index is 12.6. The number of carbonyl (C=O) groups excluding carboxylic acids is 1. The molecule has 0 radical (unpaired) electrons. The predicted octanol–water partition coefficient (Wildman–Crippen LogP) is 0.981. The average molecular weight is 327 g/mol. The van der Waals surface area contributed by atoms with Gasteiger partial charge in [0.05, 0.1) is 18.2 Å². The number of anilines is 1. The Morgan fingerprint density at radius 3 is 2.92 bits per heavy atom. The normalized spacial score (nSPS) is 26.2. The molecule has 0 spiro atoms. The monoisotopic (exact) mass is 327 g/mol. The van der Waals surface area contributed by atoms with Gasteiger partial charge >= 0.3 is 0 Å². The minimum atomic E-state index is -0.0729. The summed E-state index contributed by atoms with van der Waals surface area (Å²) < 4.78 is 7.82. The van der Waals surface area contributed by atoms with E-state index in [9.17, 15) is 4.79 Å². The second-order valence-corrected chi connectivity index (χ2v) is 6.33. The fourth-order valence-corrected chi connectivity index (χ4v) is 3.69. The highest BCUT2D eigenvalue weighted by atomic mass is 16.5. The smallest absolute Gasteiger partial charge is 0.268 e. The van der Waals surface area contributed by atoms with Gasteiger partial charge in [0.25, 0.3) is 5.91 Å². The van der Waals surface area contributed by atoms with Gasteiger partial charge in [-0.3, -0.25) is 4.79 Å². The lowest BCUT2D eigenvalue weighted by Gasteiger charge is -2.32. The Hall–Kier alpha value is -2.41. The van der Waals surface area contributed by atoms with Crippen LogP contribution in [0.15, 0.2) is 36.8 Å². The molecule has 7 heteroatoms. The van der Waals surface area contributed by atoms with Crippen LogP contribution >= 0.6 is 0 Å². The van der Waals surface area contributed by atoms with E-state index in [0.717, 1.165) is 19.4 Å². The first-order valence-electron chi connectivity index (χ1n) is 8.31. The van der Waals surface area contributed by atoms with Crippen LogP contribution in [0.25, 0.3) is 0 Å². The molecular weight excluding hydrogens is 306 g/mol. The molecule has 2 saturated heterocycles. The lowest BCUT2D eigenvalue weighted by Crippen LogP contribution is -2.47. The summed E-state index contributed by atoms with van der Waals surface area (Å²) in [6.07, 6.45) is 7.39. The lowest BCUT2D eigenvalue weighted by molar-refractivity contribution is 0.000570. The van der Waals surface area contributed by atoms with Crippen LogP contribution < -0.4 is 10.2 Å². The van der Waals surface area contributed by atoms with Gasteiger partial charge in [0.15, 0.2) is 0 Å². The summed E-state index contributed by atoms with van der Waals surface area (Å²) in [7, 11) is 1.87. The van der Waals surface area contributed by atoms with Gasteiger partial charge in [0, 0.05) is 38.8 Å². The Morgan fingerprint density at radius 1 is 1.33 bits per heavy atom. The van der Waals surface area contributed by atoms with Crippen molar-refractivity contribution in [2.75, 3.05) is 18.1 Å². The van der Waals surface area contributed by atoms with Gasteiger partial charge in [-0.2, -0.15) is 0 Å². The van der Waals surface area contributed by atoms with Crippen molar-refractivity contribution in [1.29, 1.82) is 0 Å². The molecule has 0 aromatic carbocycles. The first-order chi connectivity index (χ1) is 11.7.